The largest absolute Gasteiger partial charge is 0.481 e. The van der Waals surface area contributed by atoms with E-state index >= 15 is 0 Å². The topological polar surface area (TPSA) is 94.1 Å². The molecule has 0 unspecified atom stereocenters. The Morgan fingerprint density at radius 2 is 1.67 bits per heavy atom. The van der Waals surface area contributed by atoms with E-state index in [1.165, 1.54) is 5.56 Å². The Morgan fingerprint density at radius 1 is 0.944 bits per heavy atom. The SMILES string of the molecule is O=C(O)C[C@H](NC(=O)O[C@@H](CSCc1ccccc1)CSc1ccccc1)c1ccc2c(c1)OCO2. The van der Waals surface area contributed by atoms with Gasteiger partial charge in [0.05, 0.1) is 12.5 Å². The van der Waals surface area contributed by atoms with Crippen LogP contribution in [0.5, 0.6) is 11.5 Å². The molecule has 188 valence electrons. The highest BCUT2D eigenvalue weighted by molar-refractivity contribution is 8.00. The van der Waals surface area contributed by atoms with Crippen LogP contribution in [0.2, 0.25) is 0 Å². The first-order valence-electron chi connectivity index (χ1n) is 11.4. The van der Waals surface area contributed by atoms with Crippen molar-refractivity contribution < 1.29 is 28.9 Å². The van der Waals surface area contributed by atoms with Gasteiger partial charge in [-0.2, -0.15) is 11.8 Å². The second-order valence-electron chi connectivity index (χ2n) is 8.06. The molecule has 2 N–H and O–H groups in total. The maximum atomic E-state index is 12.9. The van der Waals surface area contributed by atoms with Crippen LogP contribution in [0.4, 0.5) is 4.79 Å². The molecule has 1 heterocycles. The van der Waals surface area contributed by atoms with Crippen molar-refractivity contribution in [2.75, 3.05) is 18.3 Å². The highest BCUT2D eigenvalue weighted by atomic mass is 32.2. The molecule has 9 heteroatoms. The first kappa shape index (κ1) is 25.8. The fourth-order valence-corrected chi connectivity index (χ4v) is 5.65. The van der Waals surface area contributed by atoms with E-state index in [1.54, 1.807) is 41.7 Å². The summed E-state index contributed by atoms with van der Waals surface area (Å²) in [5, 5.41) is 12.1. The number of fused-ring (bicyclic) bond motifs is 1. The molecule has 0 fully saturated rings. The number of nitrogens with one attached hydrogen (secondary N) is 1. The minimum absolute atomic E-state index is 0.110. The van der Waals surface area contributed by atoms with Gasteiger partial charge in [0.2, 0.25) is 6.79 Å². The zero-order valence-electron chi connectivity index (χ0n) is 19.5. The summed E-state index contributed by atoms with van der Waals surface area (Å²) >= 11 is 3.30. The van der Waals surface area contributed by atoms with Crippen LogP contribution in [0.15, 0.2) is 83.8 Å². The number of ether oxygens (including phenoxy) is 3. The molecular weight excluding hydrogens is 498 g/mol. The van der Waals surface area contributed by atoms with Crippen molar-refractivity contribution in [1.82, 2.24) is 5.32 Å². The van der Waals surface area contributed by atoms with Crippen molar-refractivity contribution in [3.05, 3.63) is 90.0 Å². The number of aliphatic carboxylic acids is 1. The van der Waals surface area contributed by atoms with Gasteiger partial charge < -0.3 is 24.6 Å². The minimum Gasteiger partial charge on any atom is -0.481 e. The Hall–Kier alpha value is -3.30. The van der Waals surface area contributed by atoms with Gasteiger partial charge in [-0.3, -0.25) is 4.79 Å². The number of carbonyl (C=O) groups is 2. The Bertz CT molecular complexity index is 1150. The number of thioether (sulfide) groups is 2. The fraction of sp³-hybridized carbons (Fsp3) is 0.259. The fourth-order valence-electron chi connectivity index (χ4n) is 3.59. The number of carbonyl (C=O) groups excluding carboxylic acids is 1. The third kappa shape index (κ3) is 7.86. The monoisotopic (exact) mass is 525 g/mol. The summed E-state index contributed by atoms with van der Waals surface area (Å²) in [4.78, 5) is 25.5. The van der Waals surface area contributed by atoms with E-state index in [0.717, 1.165) is 10.6 Å². The van der Waals surface area contributed by atoms with E-state index in [4.69, 9.17) is 14.2 Å². The van der Waals surface area contributed by atoms with E-state index in [0.29, 0.717) is 28.6 Å². The van der Waals surface area contributed by atoms with Crippen LogP contribution in [0, 0.1) is 0 Å². The van der Waals surface area contributed by atoms with E-state index in [9.17, 15) is 14.7 Å². The zero-order valence-corrected chi connectivity index (χ0v) is 21.1. The van der Waals surface area contributed by atoms with Crippen LogP contribution < -0.4 is 14.8 Å². The van der Waals surface area contributed by atoms with Crippen LogP contribution in [-0.2, 0) is 15.3 Å². The van der Waals surface area contributed by atoms with Crippen molar-refractivity contribution in [2.24, 2.45) is 0 Å². The van der Waals surface area contributed by atoms with Gasteiger partial charge in [0.25, 0.3) is 0 Å². The van der Waals surface area contributed by atoms with Gasteiger partial charge in [0.1, 0.15) is 6.10 Å². The van der Waals surface area contributed by atoms with Crippen molar-refractivity contribution in [3.8, 4) is 11.5 Å². The molecular formula is C27H27NO6S2. The molecule has 0 spiro atoms. The Balaban J connectivity index is 1.39. The third-order valence-electron chi connectivity index (χ3n) is 5.34. The van der Waals surface area contributed by atoms with Gasteiger partial charge in [0, 0.05) is 22.2 Å². The second-order valence-corrected chi connectivity index (χ2v) is 10.2. The summed E-state index contributed by atoms with van der Waals surface area (Å²) in [6.45, 7) is 0.110. The Labute approximate surface area is 218 Å². The third-order valence-corrected chi connectivity index (χ3v) is 7.63. The van der Waals surface area contributed by atoms with Crippen molar-refractivity contribution >= 4 is 35.6 Å². The smallest absolute Gasteiger partial charge is 0.407 e. The average Bonchev–Trinajstić information content (AvgIpc) is 3.36. The molecule has 3 aromatic carbocycles. The number of benzene rings is 3. The van der Waals surface area contributed by atoms with E-state index < -0.39 is 18.1 Å². The maximum Gasteiger partial charge on any atom is 0.407 e. The molecule has 0 radical (unpaired) electrons. The second kappa shape index (κ2) is 13.1. The zero-order chi connectivity index (χ0) is 25.2. The number of carboxylic acids is 1. The van der Waals surface area contributed by atoms with E-state index in [1.807, 2.05) is 48.5 Å². The Kier molecular flexibility index (Phi) is 9.40. The number of carboxylic acid groups (broad SMARTS) is 1. The van der Waals surface area contributed by atoms with Gasteiger partial charge in [0.15, 0.2) is 11.5 Å². The molecule has 0 saturated carbocycles. The van der Waals surface area contributed by atoms with Gasteiger partial charge in [-0.1, -0.05) is 54.6 Å². The highest BCUT2D eigenvalue weighted by Crippen LogP contribution is 2.35. The summed E-state index contributed by atoms with van der Waals surface area (Å²) in [7, 11) is 0. The summed E-state index contributed by atoms with van der Waals surface area (Å²) in [5.41, 5.74) is 1.80. The number of alkyl carbamates (subject to hydrolysis) is 1. The van der Waals surface area contributed by atoms with Crippen LogP contribution >= 0.6 is 23.5 Å². The van der Waals surface area contributed by atoms with E-state index in [-0.39, 0.29) is 19.3 Å². The standard InChI is InChI=1S/C27H27NO6S2/c29-26(30)14-23(20-11-12-24-25(13-20)33-18-32-24)28-27(31)34-21(17-36-22-9-5-2-6-10-22)16-35-15-19-7-3-1-4-8-19/h1-13,21,23H,14-18H2,(H,28,31)(H,29,30)/t21-,23-/m0/s1. The summed E-state index contributed by atoms with van der Waals surface area (Å²) in [6, 6.07) is 24.4. The molecule has 7 nitrogen and oxygen atoms in total. The first-order valence-corrected chi connectivity index (χ1v) is 13.6. The maximum absolute atomic E-state index is 12.9. The first-order chi connectivity index (χ1) is 17.6. The average molecular weight is 526 g/mol. The van der Waals surface area contributed by atoms with Crippen molar-refractivity contribution in [3.63, 3.8) is 0 Å². The van der Waals surface area contributed by atoms with Gasteiger partial charge in [-0.15, -0.1) is 11.8 Å². The quantitative estimate of drug-likeness (QED) is 0.289. The summed E-state index contributed by atoms with van der Waals surface area (Å²) in [6.07, 6.45) is -1.31. The predicted octanol–water partition coefficient (Wildman–Crippen LogP) is 5.75. The molecule has 0 aromatic heterocycles. The van der Waals surface area contributed by atoms with Crippen LogP contribution in [-0.4, -0.2) is 41.6 Å². The molecule has 1 aliphatic heterocycles. The van der Waals surface area contributed by atoms with Gasteiger partial charge >= 0.3 is 12.1 Å². The predicted molar refractivity (Wildman–Crippen MR) is 141 cm³/mol. The highest BCUT2D eigenvalue weighted by Gasteiger charge is 2.24. The molecule has 1 aliphatic rings. The molecule has 36 heavy (non-hydrogen) atoms. The van der Waals surface area contributed by atoms with Crippen LogP contribution in [0.25, 0.3) is 0 Å². The minimum atomic E-state index is -1.03. The molecule has 0 bridgehead atoms. The normalized spacial score (nSPS) is 13.6. The lowest BCUT2D eigenvalue weighted by Gasteiger charge is -2.22. The molecule has 4 rings (SSSR count). The van der Waals surface area contributed by atoms with Crippen molar-refractivity contribution in [1.29, 1.82) is 0 Å². The summed E-state index contributed by atoms with van der Waals surface area (Å²) < 4.78 is 16.5. The summed E-state index contributed by atoms with van der Waals surface area (Å²) in [5.74, 6) is 2.06. The lowest BCUT2D eigenvalue weighted by Crippen LogP contribution is -2.35. The molecule has 0 saturated heterocycles. The molecule has 2 atom stereocenters. The van der Waals surface area contributed by atoms with Gasteiger partial charge in [-0.05, 0) is 35.4 Å². The number of rotatable bonds is 12. The lowest BCUT2D eigenvalue weighted by atomic mass is 10.0. The lowest BCUT2D eigenvalue weighted by molar-refractivity contribution is -0.137. The van der Waals surface area contributed by atoms with Gasteiger partial charge in [-0.25, -0.2) is 4.79 Å². The number of hydrogen-bond acceptors (Lipinski definition) is 7. The van der Waals surface area contributed by atoms with Crippen molar-refractivity contribution in [2.45, 2.75) is 29.2 Å². The molecule has 3 aromatic rings. The van der Waals surface area contributed by atoms with E-state index in [2.05, 4.69) is 17.4 Å². The molecule has 1 amide bonds. The number of amides is 1. The van der Waals surface area contributed by atoms with Crippen LogP contribution in [0.3, 0.4) is 0 Å². The molecule has 0 aliphatic carbocycles. The van der Waals surface area contributed by atoms with Crippen LogP contribution in [0.1, 0.15) is 23.6 Å². The number of hydrogen-bond donors (Lipinski definition) is 2. The Morgan fingerprint density at radius 3 is 2.42 bits per heavy atom.